The molecule has 5 nitrogen and oxygen atoms in total. The lowest BCUT2D eigenvalue weighted by atomic mass is 9.99. The van der Waals surface area contributed by atoms with E-state index < -0.39 is 11.7 Å². The Morgan fingerprint density at radius 3 is 2.71 bits per heavy atom. The molecule has 160 valence electrons. The van der Waals surface area contributed by atoms with Gasteiger partial charge in [-0.05, 0) is 47.6 Å². The van der Waals surface area contributed by atoms with Crippen molar-refractivity contribution in [2.24, 2.45) is 0 Å². The van der Waals surface area contributed by atoms with Crippen molar-refractivity contribution >= 4 is 23.0 Å². The Morgan fingerprint density at radius 1 is 1.19 bits per heavy atom. The molecular formula is C22H18F3N3O2S. The number of fused-ring (bicyclic) bond motifs is 1. The molecule has 1 N–H and O–H groups in total. The van der Waals surface area contributed by atoms with E-state index in [4.69, 9.17) is 4.74 Å². The van der Waals surface area contributed by atoms with Crippen LogP contribution in [0.3, 0.4) is 0 Å². The molecule has 1 amide bonds. The molecule has 0 saturated carbocycles. The van der Waals surface area contributed by atoms with Crippen molar-refractivity contribution in [1.29, 1.82) is 0 Å². The number of hydrogen-bond donors (Lipinski definition) is 1. The number of hydrogen-bond acceptors (Lipinski definition) is 5. The third-order valence-electron chi connectivity index (χ3n) is 4.88. The summed E-state index contributed by atoms with van der Waals surface area (Å²) in [5, 5.41) is 8.70. The van der Waals surface area contributed by atoms with Crippen LogP contribution < -0.4 is 10.1 Å². The Morgan fingerprint density at radius 2 is 2.00 bits per heavy atom. The molecule has 9 heteroatoms. The van der Waals surface area contributed by atoms with Gasteiger partial charge >= 0.3 is 6.18 Å². The molecular weight excluding hydrogens is 427 g/mol. The highest BCUT2D eigenvalue weighted by Crippen LogP contribution is 2.38. The van der Waals surface area contributed by atoms with Gasteiger partial charge in [0.1, 0.15) is 11.4 Å². The molecule has 0 radical (unpaired) electrons. The maximum absolute atomic E-state index is 13.0. The van der Waals surface area contributed by atoms with Gasteiger partial charge in [0, 0.05) is 29.1 Å². The number of nitrogens with zero attached hydrogens (tertiary/aromatic N) is 2. The van der Waals surface area contributed by atoms with Crippen molar-refractivity contribution < 1.29 is 22.7 Å². The summed E-state index contributed by atoms with van der Waals surface area (Å²) >= 11 is 1.28. The Labute approximate surface area is 180 Å². The SMILES string of the molecule is O=C(C=C1CCCOc2cc(C(F)(F)F)ccc21)NCc1ccc(-c2csnn2)cc1. The van der Waals surface area contributed by atoms with E-state index in [0.717, 1.165) is 29.0 Å². The van der Waals surface area contributed by atoms with Gasteiger partial charge in [-0.15, -0.1) is 5.10 Å². The fourth-order valence-electron chi connectivity index (χ4n) is 3.29. The van der Waals surface area contributed by atoms with Gasteiger partial charge in [-0.1, -0.05) is 34.8 Å². The minimum Gasteiger partial charge on any atom is -0.493 e. The van der Waals surface area contributed by atoms with E-state index in [-0.39, 0.29) is 11.7 Å². The summed E-state index contributed by atoms with van der Waals surface area (Å²) in [5.41, 5.74) is 3.06. The van der Waals surface area contributed by atoms with Gasteiger partial charge in [-0.2, -0.15) is 13.2 Å². The van der Waals surface area contributed by atoms with E-state index in [0.29, 0.717) is 37.1 Å². The maximum atomic E-state index is 13.0. The summed E-state index contributed by atoms with van der Waals surface area (Å²) < 4.78 is 48.3. The summed E-state index contributed by atoms with van der Waals surface area (Å²) in [6, 6.07) is 11.0. The molecule has 0 spiro atoms. The van der Waals surface area contributed by atoms with Crippen molar-refractivity contribution in [2.75, 3.05) is 6.61 Å². The number of rotatable bonds is 4. The van der Waals surface area contributed by atoms with Crippen molar-refractivity contribution in [3.63, 3.8) is 0 Å². The number of amides is 1. The predicted octanol–water partition coefficient (Wildman–Crippen LogP) is 5.10. The van der Waals surface area contributed by atoms with Crippen LogP contribution in [0.4, 0.5) is 13.2 Å². The van der Waals surface area contributed by atoms with E-state index in [9.17, 15) is 18.0 Å². The summed E-state index contributed by atoms with van der Waals surface area (Å²) in [4.78, 5) is 12.5. The van der Waals surface area contributed by atoms with Crippen LogP contribution in [0.25, 0.3) is 16.8 Å². The van der Waals surface area contributed by atoms with E-state index in [1.54, 1.807) is 0 Å². The molecule has 3 aromatic rings. The normalized spacial score (nSPS) is 15.1. The smallest absolute Gasteiger partial charge is 0.416 e. The first kappa shape index (κ1) is 21.0. The third kappa shape index (κ3) is 5.11. The summed E-state index contributed by atoms with van der Waals surface area (Å²) in [6.07, 6.45) is -1.85. The summed E-state index contributed by atoms with van der Waals surface area (Å²) in [6.45, 7) is 0.628. The van der Waals surface area contributed by atoms with Crippen molar-refractivity contribution in [3.05, 3.63) is 70.6 Å². The van der Waals surface area contributed by atoms with E-state index in [2.05, 4.69) is 14.9 Å². The van der Waals surface area contributed by atoms with Gasteiger partial charge in [0.15, 0.2) is 0 Å². The average molecular weight is 445 g/mol. The second kappa shape index (κ2) is 8.89. The second-order valence-corrected chi connectivity index (χ2v) is 7.64. The Kier molecular flexibility index (Phi) is 6.03. The van der Waals surface area contributed by atoms with Crippen LogP contribution in [-0.4, -0.2) is 22.1 Å². The third-order valence-corrected chi connectivity index (χ3v) is 5.39. The Bertz CT molecular complexity index is 1090. The standard InChI is InChI=1S/C22H18F3N3O2S/c23-22(24,25)17-7-8-18-16(2-1-9-30-20(18)11-17)10-21(29)26-12-14-3-5-15(6-4-14)19-13-31-28-27-19/h3-8,10-11,13H,1-2,9,12H2,(H,26,29). The Hall–Kier alpha value is -3.20. The van der Waals surface area contributed by atoms with Crippen LogP contribution in [0.15, 0.2) is 53.9 Å². The predicted molar refractivity (Wildman–Crippen MR) is 111 cm³/mol. The lowest BCUT2D eigenvalue weighted by Gasteiger charge is -2.13. The van der Waals surface area contributed by atoms with E-state index in [1.165, 1.54) is 23.7 Å². The number of carbonyl (C=O) groups excluding carboxylic acids is 1. The molecule has 0 fully saturated rings. The topological polar surface area (TPSA) is 64.1 Å². The molecule has 0 saturated heterocycles. The molecule has 31 heavy (non-hydrogen) atoms. The van der Waals surface area contributed by atoms with Crippen molar-refractivity contribution in [1.82, 2.24) is 14.9 Å². The number of carbonyl (C=O) groups is 1. The van der Waals surface area contributed by atoms with E-state index in [1.807, 2.05) is 29.6 Å². The van der Waals surface area contributed by atoms with Gasteiger partial charge in [0.2, 0.25) is 5.91 Å². The quantitative estimate of drug-likeness (QED) is 0.568. The van der Waals surface area contributed by atoms with Crippen molar-refractivity contribution in [2.45, 2.75) is 25.6 Å². The molecule has 1 aromatic heterocycles. The monoisotopic (exact) mass is 445 g/mol. The molecule has 2 heterocycles. The molecule has 0 aliphatic carbocycles. The van der Waals surface area contributed by atoms with Crippen LogP contribution in [0.5, 0.6) is 5.75 Å². The summed E-state index contributed by atoms with van der Waals surface area (Å²) in [7, 11) is 0. The highest BCUT2D eigenvalue weighted by molar-refractivity contribution is 7.03. The van der Waals surface area contributed by atoms with Crippen LogP contribution in [-0.2, 0) is 17.5 Å². The van der Waals surface area contributed by atoms with Gasteiger partial charge in [-0.3, -0.25) is 4.79 Å². The zero-order chi connectivity index (χ0) is 21.8. The first-order chi connectivity index (χ1) is 14.9. The Balaban J connectivity index is 1.45. The first-order valence-corrected chi connectivity index (χ1v) is 10.4. The van der Waals surface area contributed by atoms with Crippen LogP contribution in [0.2, 0.25) is 0 Å². The first-order valence-electron chi connectivity index (χ1n) is 9.59. The van der Waals surface area contributed by atoms with Crippen LogP contribution in [0, 0.1) is 0 Å². The lowest BCUT2D eigenvalue weighted by Crippen LogP contribution is -2.20. The molecule has 0 atom stereocenters. The molecule has 2 aromatic carbocycles. The molecule has 1 aliphatic heterocycles. The summed E-state index contributed by atoms with van der Waals surface area (Å²) in [5.74, 6) is -0.158. The van der Waals surface area contributed by atoms with E-state index >= 15 is 0 Å². The van der Waals surface area contributed by atoms with Crippen molar-refractivity contribution in [3.8, 4) is 17.0 Å². The van der Waals surface area contributed by atoms with Gasteiger partial charge < -0.3 is 10.1 Å². The lowest BCUT2D eigenvalue weighted by molar-refractivity contribution is -0.137. The maximum Gasteiger partial charge on any atom is 0.416 e. The fourth-order valence-corrected chi connectivity index (χ4v) is 3.76. The zero-order valence-corrected chi connectivity index (χ0v) is 17.1. The minimum absolute atomic E-state index is 0.151. The number of alkyl halides is 3. The number of ether oxygens (including phenoxy) is 1. The average Bonchev–Trinajstić information content (AvgIpc) is 3.22. The highest BCUT2D eigenvalue weighted by Gasteiger charge is 2.32. The molecule has 1 aliphatic rings. The number of nitrogens with one attached hydrogen (secondary N) is 1. The molecule has 0 bridgehead atoms. The van der Waals surface area contributed by atoms with Crippen LogP contribution in [0.1, 0.15) is 29.5 Å². The number of halogens is 3. The zero-order valence-electron chi connectivity index (χ0n) is 16.3. The largest absolute Gasteiger partial charge is 0.493 e. The minimum atomic E-state index is -4.45. The van der Waals surface area contributed by atoms with Crippen LogP contribution >= 0.6 is 11.5 Å². The number of aromatic nitrogens is 2. The van der Waals surface area contributed by atoms with Gasteiger partial charge in [-0.25, -0.2) is 0 Å². The second-order valence-electron chi connectivity index (χ2n) is 7.04. The molecule has 0 unspecified atom stereocenters. The molecule has 4 rings (SSSR count). The van der Waals surface area contributed by atoms with Gasteiger partial charge in [0.25, 0.3) is 0 Å². The fraction of sp³-hybridized carbons (Fsp3) is 0.227. The highest BCUT2D eigenvalue weighted by atomic mass is 32.1. The number of allylic oxidation sites excluding steroid dienone is 1. The number of benzene rings is 2. The van der Waals surface area contributed by atoms with Gasteiger partial charge in [0.05, 0.1) is 12.2 Å².